The third kappa shape index (κ3) is 5.59. The molecular formula is C21H26BrFN2O5. The quantitative estimate of drug-likeness (QED) is 0.654. The smallest absolute Gasteiger partial charge is 0.410 e. The molecule has 0 unspecified atom stereocenters. The molecule has 0 bridgehead atoms. The van der Waals surface area contributed by atoms with Crippen LogP contribution in [-0.2, 0) is 14.3 Å². The second kappa shape index (κ2) is 9.16. The van der Waals surface area contributed by atoms with Crippen LogP contribution in [0.2, 0.25) is 0 Å². The molecule has 0 aliphatic carbocycles. The van der Waals surface area contributed by atoms with Crippen molar-refractivity contribution in [3.8, 4) is 0 Å². The molecule has 2 rings (SSSR count). The lowest BCUT2D eigenvalue weighted by atomic mass is 9.86. The number of nitrogens with zero attached hydrogens (tertiary/aromatic N) is 2. The molecule has 30 heavy (non-hydrogen) atoms. The van der Waals surface area contributed by atoms with Crippen molar-refractivity contribution < 1.29 is 28.6 Å². The average molecular weight is 485 g/mol. The van der Waals surface area contributed by atoms with Gasteiger partial charge in [-0.25, -0.2) is 14.0 Å². The van der Waals surface area contributed by atoms with Gasteiger partial charge in [0.1, 0.15) is 17.0 Å². The summed E-state index contributed by atoms with van der Waals surface area (Å²) in [6, 6.07) is 4.30. The van der Waals surface area contributed by atoms with Gasteiger partial charge in [0, 0.05) is 26.2 Å². The van der Waals surface area contributed by atoms with Crippen LogP contribution >= 0.6 is 15.9 Å². The second-order valence-corrected chi connectivity index (χ2v) is 9.06. The number of likely N-dealkylation sites (tertiary alicyclic amines) is 1. The number of carboxylic acids is 1. The van der Waals surface area contributed by atoms with Crippen molar-refractivity contribution >= 4 is 40.0 Å². The summed E-state index contributed by atoms with van der Waals surface area (Å²) in [6.07, 6.45) is 2.41. The molecule has 0 saturated carbocycles. The second-order valence-electron chi connectivity index (χ2n) is 8.21. The molecular weight excluding hydrogens is 459 g/mol. The normalized spacial score (nSPS) is 16.4. The highest BCUT2D eigenvalue weighted by atomic mass is 79.9. The van der Waals surface area contributed by atoms with E-state index >= 15 is 0 Å². The minimum Gasteiger partial charge on any atom is -0.479 e. The number of hydrogen-bond donors (Lipinski definition) is 1. The highest BCUT2D eigenvalue weighted by Gasteiger charge is 2.47. The summed E-state index contributed by atoms with van der Waals surface area (Å²) in [4.78, 5) is 39.6. The number of benzene rings is 1. The van der Waals surface area contributed by atoms with Gasteiger partial charge in [-0.3, -0.25) is 4.79 Å². The Morgan fingerprint density at radius 1 is 1.27 bits per heavy atom. The number of carbonyl (C=O) groups is 3. The van der Waals surface area contributed by atoms with Crippen molar-refractivity contribution in [2.24, 2.45) is 0 Å². The van der Waals surface area contributed by atoms with E-state index in [-0.39, 0.29) is 30.4 Å². The van der Waals surface area contributed by atoms with Crippen molar-refractivity contribution in [2.75, 3.05) is 20.1 Å². The Kier molecular flexibility index (Phi) is 7.28. The van der Waals surface area contributed by atoms with Gasteiger partial charge in [0.05, 0.1) is 4.47 Å². The number of aliphatic carboxylic acids is 1. The molecule has 0 spiro atoms. The summed E-state index contributed by atoms with van der Waals surface area (Å²) < 4.78 is 18.9. The molecule has 1 N–H and O–H groups in total. The standard InChI is InChI=1S/C21H26BrFN2O5/c1-20(2,3)30-19(29)25-11-9-21(10-12-25,18(27)28)24(4)17(26)8-6-14-5-7-16(23)15(22)13-14/h5-8,13H,9-12H2,1-4H3,(H,27,28). The maximum absolute atomic E-state index is 13.3. The van der Waals surface area contributed by atoms with Crippen molar-refractivity contribution in [3.63, 3.8) is 0 Å². The van der Waals surface area contributed by atoms with E-state index in [0.717, 1.165) is 0 Å². The maximum Gasteiger partial charge on any atom is 0.410 e. The summed E-state index contributed by atoms with van der Waals surface area (Å²) in [5.41, 5.74) is -1.48. The fourth-order valence-electron chi connectivity index (χ4n) is 3.18. The Hall–Kier alpha value is -2.42. The van der Waals surface area contributed by atoms with Gasteiger partial charge in [-0.2, -0.15) is 0 Å². The lowest BCUT2D eigenvalue weighted by molar-refractivity contribution is -0.159. The lowest BCUT2D eigenvalue weighted by Gasteiger charge is -2.43. The molecule has 2 amide bonds. The van der Waals surface area contributed by atoms with E-state index in [1.54, 1.807) is 20.8 Å². The van der Waals surface area contributed by atoms with E-state index in [1.807, 2.05) is 0 Å². The lowest BCUT2D eigenvalue weighted by Crippen LogP contribution is -2.61. The minimum absolute atomic E-state index is 0.0831. The molecule has 1 aliphatic rings. The summed E-state index contributed by atoms with van der Waals surface area (Å²) in [7, 11) is 1.44. The van der Waals surface area contributed by atoms with Crippen LogP contribution < -0.4 is 0 Å². The molecule has 0 atom stereocenters. The van der Waals surface area contributed by atoms with Crippen LogP contribution in [-0.4, -0.2) is 64.2 Å². The fourth-order valence-corrected chi connectivity index (χ4v) is 3.58. The summed E-state index contributed by atoms with van der Waals surface area (Å²) in [5.74, 6) is -2.04. The van der Waals surface area contributed by atoms with Crippen molar-refractivity contribution in [1.82, 2.24) is 9.80 Å². The molecule has 7 nitrogen and oxygen atoms in total. The highest BCUT2D eigenvalue weighted by Crippen LogP contribution is 2.30. The largest absolute Gasteiger partial charge is 0.479 e. The summed E-state index contributed by atoms with van der Waals surface area (Å²) >= 11 is 3.08. The summed E-state index contributed by atoms with van der Waals surface area (Å²) in [6.45, 7) is 5.60. The molecule has 1 heterocycles. The predicted molar refractivity (Wildman–Crippen MR) is 113 cm³/mol. The number of ether oxygens (including phenoxy) is 1. The first kappa shape index (κ1) is 23.9. The van der Waals surface area contributed by atoms with E-state index in [0.29, 0.717) is 5.56 Å². The number of halogens is 2. The van der Waals surface area contributed by atoms with Gasteiger partial charge < -0.3 is 19.6 Å². The molecule has 1 fully saturated rings. The van der Waals surface area contributed by atoms with E-state index in [4.69, 9.17) is 4.74 Å². The van der Waals surface area contributed by atoms with Gasteiger partial charge in [-0.1, -0.05) is 6.07 Å². The number of rotatable bonds is 4. The van der Waals surface area contributed by atoms with Crippen LogP contribution in [0.1, 0.15) is 39.2 Å². The number of amides is 2. The van der Waals surface area contributed by atoms with Gasteiger partial charge in [0.15, 0.2) is 0 Å². The fraction of sp³-hybridized carbons (Fsp3) is 0.476. The average Bonchev–Trinajstić information content (AvgIpc) is 2.66. The number of hydrogen-bond acceptors (Lipinski definition) is 4. The SMILES string of the molecule is CN(C(=O)C=Cc1ccc(F)c(Br)c1)C1(C(=O)O)CCN(C(=O)OC(C)(C)C)CC1. The number of carbonyl (C=O) groups excluding carboxylic acids is 2. The van der Waals surface area contributed by atoms with Gasteiger partial charge in [0.2, 0.25) is 5.91 Å². The highest BCUT2D eigenvalue weighted by molar-refractivity contribution is 9.10. The molecule has 1 aromatic rings. The van der Waals surface area contributed by atoms with E-state index < -0.39 is 34.9 Å². The van der Waals surface area contributed by atoms with Crippen molar-refractivity contribution in [1.29, 1.82) is 0 Å². The zero-order valence-electron chi connectivity index (χ0n) is 17.4. The summed E-state index contributed by atoms with van der Waals surface area (Å²) in [5, 5.41) is 9.87. The van der Waals surface area contributed by atoms with Crippen molar-refractivity contribution in [2.45, 2.75) is 44.8 Å². The van der Waals surface area contributed by atoms with Gasteiger partial charge >= 0.3 is 12.1 Å². The zero-order chi connectivity index (χ0) is 22.7. The van der Waals surface area contributed by atoms with E-state index in [2.05, 4.69) is 15.9 Å². The Labute approximate surface area is 183 Å². The first-order valence-electron chi connectivity index (χ1n) is 9.48. The van der Waals surface area contributed by atoms with Crippen LogP contribution in [0.25, 0.3) is 6.08 Å². The topological polar surface area (TPSA) is 87.2 Å². The van der Waals surface area contributed by atoms with Gasteiger partial charge in [0.25, 0.3) is 0 Å². The van der Waals surface area contributed by atoms with Gasteiger partial charge in [-0.15, -0.1) is 0 Å². The Balaban J connectivity index is 2.11. The Morgan fingerprint density at radius 2 is 1.87 bits per heavy atom. The van der Waals surface area contributed by atoms with E-state index in [9.17, 15) is 23.9 Å². The molecule has 1 aromatic carbocycles. The molecule has 0 radical (unpaired) electrons. The first-order chi connectivity index (χ1) is 13.9. The predicted octanol–water partition coefficient (Wildman–Crippen LogP) is 3.91. The molecule has 0 aromatic heterocycles. The number of piperidine rings is 1. The molecule has 1 saturated heterocycles. The zero-order valence-corrected chi connectivity index (χ0v) is 19.0. The Bertz CT molecular complexity index is 857. The third-order valence-corrected chi connectivity index (χ3v) is 5.58. The van der Waals surface area contributed by atoms with Crippen LogP contribution in [0.15, 0.2) is 28.7 Å². The Morgan fingerprint density at radius 3 is 2.37 bits per heavy atom. The first-order valence-corrected chi connectivity index (χ1v) is 10.3. The van der Waals surface area contributed by atoms with E-state index in [1.165, 1.54) is 47.2 Å². The number of carboxylic acid groups (broad SMARTS) is 1. The monoisotopic (exact) mass is 484 g/mol. The molecule has 9 heteroatoms. The van der Waals surface area contributed by atoms with Crippen LogP contribution in [0, 0.1) is 5.82 Å². The maximum atomic E-state index is 13.3. The van der Waals surface area contributed by atoms with Gasteiger partial charge in [-0.05, 0) is 73.3 Å². The molecule has 164 valence electrons. The van der Waals surface area contributed by atoms with Crippen LogP contribution in [0.4, 0.5) is 9.18 Å². The van der Waals surface area contributed by atoms with Crippen molar-refractivity contribution in [3.05, 3.63) is 40.1 Å². The van der Waals surface area contributed by atoms with Crippen LogP contribution in [0.5, 0.6) is 0 Å². The van der Waals surface area contributed by atoms with Crippen LogP contribution in [0.3, 0.4) is 0 Å². The number of likely N-dealkylation sites (N-methyl/N-ethyl adjacent to an activating group) is 1. The third-order valence-electron chi connectivity index (χ3n) is 4.98. The molecule has 1 aliphatic heterocycles. The minimum atomic E-state index is -1.43.